The fraction of sp³-hybridized carbons (Fsp3) is 0.154. The molecule has 1 atom stereocenters. The standard InChI is InChI=1S/C26H17F7N4O2/c1-2-21(38)37-19-10-15(12-34-14-19)4-3-9-35-24(39)22(16-5-7-18(27)8-6-16)23-20(26(31,32)33)11-17(13-36-23)25(28,29)30/h2,5-8,10-14,22H,1,9H2,(H,35,39)(H,37,38). The van der Waals surface area contributed by atoms with Crippen LogP contribution in [-0.2, 0) is 21.9 Å². The summed E-state index contributed by atoms with van der Waals surface area (Å²) in [5, 5.41) is 4.78. The average molecular weight is 550 g/mol. The van der Waals surface area contributed by atoms with Crippen molar-refractivity contribution in [1.29, 1.82) is 0 Å². The minimum Gasteiger partial charge on any atom is -0.344 e. The molecule has 0 aliphatic rings. The van der Waals surface area contributed by atoms with Crippen LogP contribution in [0.4, 0.5) is 36.4 Å². The molecule has 2 amide bonds. The van der Waals surface area contributed by atoms with E-state index < -0.39 is 52.7 Å². The van der Waals surface area contributed by atoms with Gasteiger partial charge in [0.2, 0.25) is 11.8 Å². The number of benzene rings is 1. The first kappa shape index (κ1) is 28.8. The number of alkyl halides is 6. The fourth-order valence-electron chi connectivity index (χ4n) is 3.33. The molecule has 0 fully saturated rings. The number of nitrogens with one attached hydrogen (secondary N) is 2. The van der Waals surface area contributed by atoms with E-state index >= 15 is 0 Å². The monoisotopic (exact) mass is 550 g/mol. The minimum absolute atomic E-state index is 0.128. The molecule has 2 N–H and O–H groups in total. The van der Waals surface area contributed by atoms with Gasteiger partial charge in [0.1, 0.15) is 11.7 Å². The van der Waals surface area contributed by atoms with Crippen LogP contribution in [-0.4, -0.2) is 28.3 Å². The van der Waals surface area contributed by atoms with Crippen LogP contribution in [0.5, 0.6) is 0 Å². The largest absolute Gasteiger partial charge is 0.418 e. The maximum atomic E-state index is 13.8. The Labute approximate surface area is 217 Å². The average Bonchev–Trinajstić information content (AvgIpc) is 2.87. The minimum atomic E-state index is -5.29. The second kappa shape index (κ2) is 11.8. The van der Waals surface area contributed by atoms with Crippen molar-refractivity contribution in [2.75, 3.05) is 11.9 Å². The van der Waals surface area contributed by atoms with Gasteiger partial charge in [-0.1, -0.05) is 30.6 Å². The lowest BCUT2D eigenvalue weighted by Crippen LogP contribution is -2.32. The van der Waals surface area contributed by atoms with E-state index in [2.05, 4.69) is 39.0 Å². The van der Waals surface area contributed by atoms with Crippen LogP contribution >= 0.6 is 0 Å². The molecule has 1 unspecified atom stereocenters. The Morgan fingerprint density at radius 1 is 1.00 bits per heavy atom. The highest BCUT2D eigenvalue weighted by atomic mass is 19.4. The first-order valence-electron chi connectivity index (χ1n) is 10.8. The Balaban J connectivity index is 1.92. The van der Waals surface area contributed by atoms with E-state index in [4.69, 9.17) is 0 Å². The number of carbonyl (C=O) groups is 2. The molecule has 39 heavy (non-hydrogen) atoms. The first-order valence-corrected chi connectivity index (χ1v) is 10.8. The Morgan fingerprint density at radius 3 is 2.31 bits per heavy atom. The molecule has 3 rings (SSSR count). The summed E-state index contributed by atoms with van der Waals surface area (Å²) < 4.78 is 94.1. The number of hydrogen-bond acceptors (Lipinski definition) is 4. The van der Waals surface area contributed by atoms with E-state index in [1.807, 2.05) is 0 Å². The predicted molar refractivity (Wildman–Crippen MR) is 125 cm³/mol. The molecule has 13 heteroatoms. The molecule has 0 spiro atoms. The van der Waals surface area contributed by atoms with Crippen LogP contribution in [0.2, 0.25) is 0 Å². The van der Waals surface area contributed by atoms with Gasteiger partial charge in [-0.15, -0.1) is 0 Å². The third-order valence-corrected chi connectivity index (χ3v) is 5.07. The Hall–Kier alpha value is -4.73. The van der Waals surface area contributed by atoms with Gasteiger partial charge in [0.05, 0.1) is 35.2 Å². The number of nitrogens with zero attached hydrogens (tertiary/aromatic N) is 2. The van der Waals surface area contributed by atoms with E-state index in [0.29, 0.717) is 11.3 Å². The topological polar surface area (TPSA) is 84.0 Å². The molecule has 1 aromatic carbocycles. The maximum absolute atomic E-state index is 13.8. The third-order valence-electron chi connectivity index (χ3n) is 5.07. The first-order chi connectivity index (χ1) is 18.3. The van der Waals surface area contributed by atoms with Crippen LogP contribution in [0, 0.1) is 17.7 Å². The summed E-state index contributed by atoms with van der Waals surface area (Å²) in [4.78, 5) is 31.7. The van der Waals surface area contributed by atoms with Crippen LogP contribution in [0.1, 0.15) is 33.9 Å². The molecule has 0 aliphatic heterocycles. The van der Waals surface area contributed by atoms with E-state index in [0.717, 1.165) is 30.3 Å². The number of amides is 2. The normalized spacial score (nSPS) is 12.1. The summed E-state index contributed by atoms with van der Waals surface area (Å²) in [5.41, 5.74) is -3.93. The molecule has 6 nitrogen and oxygen atoms in total. The quantitative estimate of drug-likeness (QED) is 0.255. The van der Waals surface area contributed by atoms with Crippen LogP contribution in [0.25, 0.3) is 0 Å². The van der Waals surface area contributed by atoms with Crippen molar-refractivity contribution >= 4 is 17.5 Å². The highest BCUT2D eigenvalue weighted by Crippen LogP contribution is 2.40. The summed E-state index contributed by atoms with van der Waals surface area (Å²) in [6.45, 7) is 2.93. The van der Waals surface area contributed by atoms with Crippen molar-refractivity contribution in [2.45, 2.75) is 18.3 Å². The SMILES string of the molecule is C=CC(=O)Nc1cncc(C#CCNC(=O)C(c2ccc(F)cc2)c2ncc(C(F)(F)F)cc2C(F)(F)F)c1. The number of rotatable bonds is 6. The number of anilines is 1. The summed E-state index contributed by atoms with van der Waals surface area (Å²) in [6, 6.07) is 5.16. The Kier molecular flexibility index (Phi) is 8.70. The molecule has 0 radical (unpaired) electrons. The molecule has 0 aliphatic carbocycles. The molecule has 0 saturated heterocycles. The highest BCUT2D eigenvalue weighted by molar-refractivity contribution is 5.98. The summed E-state index contributed by atoms with van der Waals surface area (Å²) in [5.74, 6) is 1.05. The summed E-state index contributed by atoms with van der Waals surface area (Å²) in [7, 11) is 0. The molecule has 202 valence electrons. The Bertz CT molecular complexity index is 1440. The van der Waals surface area contributed by atoms with E-state index in [1.165, 1.54) is 18.5 Å². The van der Waals surface area contributed by atoms with E-state index in [1.54, 1.807) is 0 Å². The molecular formula is C26H17F7N4O2. The van der Waals surface area contributed by atoms with Gasteiger partial charge in [-0.05, 0) is 35.9 Å². The lowest BCUT2D eigenvalue weighted by atomic mass is 9.90. The van der Waals surface area contributed by atoms with Crippen molar-refractivity contribution in [3.05, 3.63) is 101 Å². The molecule has 0 saturated carbocycles. The second-order valence-electron chi connectivity index (χ2n) is 7.81. The van der Waals surface area contributed by atoms with E-state index in [-0.39, 0.29) is 24.4 Å². The lowest BCUT2D eigenvalue weighted by molar-refractivity contribution is -0.144. The Morgan fingerprint density at radius 2 is 1.69 bits per heavy atom. The zero-order chi connectivity index (χ0) is 28.8. The molecule has 0 bridgehead atoms. The predicted octanol–water partition coefficient (Wildman–Crippen LogP) is 5.08. The highest BCUT2D eigenvalue weighted by Gasteiger charge is 2.42. The molecular weight excluding hydrogens is 533 g/mol. The van der Waals surface area contributed by atoms with Crippen molar-refractivity contribution < 1.29 is 40.3 Å². The molecule has 2 aromatic heterocycles. The van der Waals surface area contributed by atoms with Crippen molar-refractivity contribution in [3.63, 3.8) is 0 Å². The van der Waals surface area contributed by atoms with Crippen LogP contribution in [0.15, 0.2) is 67.6 Å². The smallest absolute Gasteiger partial charge is 0.344 e. The zero-order valence-corrected chi connectivity index (χ0v) is 19.6. The van der Waals surface area contributed by atoms with Gasteiger partial charge < -0.3 is 10.6 Å². The molecule has 2 heterocycles. The maximum Gasteiger partial charge on any atom is 0.418 e. The number of halogens is 7. The van der Waals surface area contributed by atoms with Gasteiger partial charge >= 0.3 is 12.4 Å². The van der Waals surface area contributed by atoms with Crippen LogP contribution < -0.4 is 10.6 Å². The van der Waals surface area contributed by atoms with Gasteiger partial charge in [0, 0.05) is 18.0 Å². The van der Waals surface area contributed by atoms with Crippen LogP contribution in [0.3, 0.4) is 0 Å². The number of aromatic nitrogens is 2. The third kappa shape index (κ3) is 7.64. The number of carbonyl (C=O) groups excluding carboxylic acids is 2. The van der Waals surface area contributed by atoms with Gasteiger partial charge in [-0.25, -0.2) is 4.39 Å². The van der Waals surface area contributed by atoms with Gasteiger partial charge in [0.15, 0.2) is 0 Å². The second-order valence-corrected chi connectivity index (χ2v) is 7.81. The number of hydrogen-bond donors (Lipinski definition) is 2. The summed E-state index contributed by atoms with van der Waals surface area (Å²) in [6.07, 6.45) is -6.48. The molecule has 3 aromatic rings. The lowest BCUT2D eigenvalue weighted by Gasteiger charge is -2.21. The van der Waals surface area contributed by atoms with Crippen molar-refractivity contribution in [1.82, 2.24) is 15.3 Å². The van der Waals surface area contributed by atoms with Gasteiger partial charge in [-0.2, -0.15) is 26.3 Å². The van der Waals surface area contributed by atoms with Gasteiger partial charge in [0.25, 0.3) is 0 Å². The fourth-order valence-corrected chi connectivity index (χ4v) is 3.33. The zero-order valence-electron chi connectivity index (χ0n) is 19.6. The van der Waals surface area contributed by atoms with E-state index in [9.17, 15) is 40.3 Å². The van der Waals surface area contributed by atoms with Crippen molar-refractivity contribution in [3.8, 4) is 11.8 Å². The summed E-state index contributed by atoms with van der Waals surface area (Å²) >= 11 is 0. The van der Waals surface area contributed by atoms with Crippen molar-refractivity contribution in [2.24, 2.45) is 0 Å². The number of pyridine rings is 2. The van der Waals surface area contributed by atoms with Gasteiger partial charge in [-0.3, -0.25) is 19.6 Å².